The number of nitrogens with zero attached hydrogens (tertiary/aromatic N) is 1. The lowest BCUT2D eigenvalue weighted by Crippen LogP contribution is -2.38. The molecule has 0 saturated carbocycles. The van der Waals surface area contributed by atoms with E-state index in [1.165, 1.54) is 11.1 Å². The summed E-state index contributed by atoms with van der Waals surface area (Å²) in [6.07, 6.45) is 0.968. The highest BCUT2D eigenvalue weighted by Crippen LogP contribution is 2.36. The number of aryl methyl sites for hydroxylation is 1. The molecule has 0 aliphatic rings. The number of ether oxygens (including phenoxy) is 1. The minimum atomic E-state index is -0.187. The smallest absolute Gasteiger partial charge is 0.313 e. The van der Waals surface area contributed by atoms with Gasteiger partial charge in [-0.25, -0.2) is 0 Å². The fourth-order valence-electron chi connectivity index (χ4n) is 3.84. The summed E-state index contributed by atoms with van der Waals surface area (Å²) in [4.78, 5) is 14.8. The Balaban J connectivity index is 2.44. The molecule has 2 aromatic rings. The SMILES string of the molecule is Cc1ccc(OC(=O)C(C)C)c([C@@H](CCN(C(C)C)C(C)C)c2ccccc2)c1. The number of esters is 1. The van der Waals surface area contributed by atoms with Gasteiger partial charge in [-0.2, -0.15) is 0 Å². The van der Waals surface area contributed by atoms with Gasteiger partial charge in [0.25, 0.3) is 0 Å². The van der Waals surface area contributed by atoms with Gasteiger partial charge in [0.2, 0.25) is 0 Å². The first-order chi connectivity index (χ1) is 13.7. The zero-order chi connectivity index (χ0) is 21.6. The third kappa shape index (κ3) is 6.43. The van der Waals surface area contributed by atoms with Crippen LogP contribution in [0.3, 0.4) is 0 Å². The first-order valence-corrected chi connectivity index (χ1v) is 10.8. The normalized spacial score (nSPS) is 12.8. The van der Waals surface area contributed by atoms with E-state index in [9.17, 15) is 4.79 Å². The van der Waals surface area contributed by atoms with Crippen molar-refractivity contribution in [3.8, 4) is 5.75 Å². The molecule has 0 radical (unpaired) electrons. The lowest BCUT2D eigenvalue weighted by atomic mass is 9.86. The first-order valence-electron chi connectivity index (χ1n) is 10.8. The van der Waals surface area contributed by atoms with Gasteiger partial charge in [-0.3, -0.25) is 9.69 Å². The Morgan fingerprint density at radius 2 is 1.55 bits per heavy atom. The van der Waals surface area contributed by atoms with Crippen LogP contribution >= 0.6 is 0 Å². The van der Waals surface area contributed by atoms with Gasteiger partial charge in [0.15, 0.2) is 0 Å². The lowest BCUT2D eigenvalue weighted by molar-refractivity contribution is -0.137. The molecule has 0 aromatic heterocycles. The van der Waals surface area contributed by atoms with E-state index in [0.29, 0.717) is 17.8 Å². The van der Waals surface area contributed by atoms with E-state index >= 15 is 0 Å². The quantitative estimate of drug-likeness (QED) is 0.374. The van der Waals surface area contributed by atoms with Crippen LogP contribution in [0, 0.1) is 12.8 Å². The van der Waals surface area contributed by atoms with Crippen LogP contribution in [-0.4, -0.2) is 29.5 Å². The van der Waals surface area contributed by atoms with E-state index in [1.807, 2.05) is 32.0 Å². The molecule has 0 amide bonds. The molecular formula is C26H37NO2. The van der Waals surface area contributed by atoms with Crippen LogP contribution in [-0.2, 0) is 4.79 Å². The molecule has 0 aliphatic heterocycles. The molecule has 0 heterocycles. The molecule has 1 atom stereocenters. The summed E-state index contributed by atoms with van der Waals surface area (Å²) in [7, 11) is 0. The molecule has 29 heavy (non-hydrogen) atoms. The van der Waals surface area contributed by atoms with E-state index in [1.54, 1.807) is 0 Å². The maximum Gasteiger partial charge on any atom is 0.313 e. The van der Waals surface area contributed by atoms with E-state index in [2.05, 4.69) is 69.9 Å². The average molecular weight is 396 g/mol. The minimum Gasteiger partial charge on any atom is -0.426 e. The van der Waals surface area contributed by atoms with E-state index in [0.717, 1.165) is 18.5 Å². The maximum atomic E-state index is 12.3. The van der Waals surface area contributed by atoms with Gasteiger partial charge in [0.1, 0.15) is 5.75 Å². The van der Waals surface area contributed by atoms with Crippen LogP contribution in [0.4, 0.5) is 0 Å². The Kier molecular flexibility index (Phi) is 8.45. The van der Waals surface area contributed by atoms with Crippen molar-refractivity contribution in [1.82, 2.24) is 4.90 Å². The van der Waals surface area contributed by atoms with Crippen molar-refractivity contribution in [1.29, 1.82) is 0 Å². The van der Waals surface area contributed by atoms with Gasteiger partial charge in [-0.05, 0) is 59.2 Å². The molecule has 0 saturated heterocycles. The highest BCUT2D eigenvalue weighted by Gasteiger charge is 2.23. The van der Waals surface area contributed by atoms with Gasteiger partial charge in [-0.15, -0.1) is 0 Å². The fourth-order valence-corrected chi connectivity index (χ4v) is 3.84. The third-order valence-electron chi connectivity index (χ3n) is 5.43. The predicted molar refractivity (Wildman–Crippen MR) is 122 cm³/mol. The molecule has 0 fully saturated rings. The summed E-state index contributed by atoms with van der Waals surface area (Å²) in [5.41, 5.74) is 3.53. The third-order valence-corrected chi connectivity index (χ3v) is 5.43. The van der Waals surface area contributed by atoms with Gasteiger partial charge in [0.05, 0.1) is 5.92 Å². The number of benzene rings is 2. The van der Waals surface area contributed by atoms with E-state index < -0.39 is 0 Å². The number of hydrogen-bond donors (Lipinski definition) is 0. The second kappa shape index (κ2) is 10.6. The number of carbonyl (C=O) groups is 1. The Labute approximate surface area is 177 Å². The Hall–Kier alpha value is -2.13. The van der Waals surface area contributed by atoms with Crippen LogP contribution in [0.25, 0.3) is 0 Å². The molecule has 0 aliphatic carbocycles. The monoisotopic (exact) mass is 395 g/mol. The Bertz CT molecular complexity index is 773. The fraction of sp³-hybridized carbons (Fsp3) is 0.500. The van der Waals surface area contributed by atoms with Crippen LogP contribution in [0.2, 0.25) is 0 Å². The standard InChI is InChI=1S/C26H37NO2/c1-18(2)26(28)29-25-14-13-21(7)17-24(25)23(22-11-9-8-10-12-22)15-16-27(19(3)4)20(5)6/h8-14,17-20,23H,15-16H2,1-7H3/t23-/m0/s1. The zero-order valence-corrected chi connectivity index (χ0v) is 19.1. The predicted octanol–water partition coefficient (Wildman–Crippen LogP) is 6.20. The van der Waals surface area contributed by atoms with E-state index in [4.69, 9.17) is 4.74 Å². The molecule has 0 bridgehead atoms. The number of carbonyl (C=O) groups excluding carboxylic acids is 1. The number of hydrogen-bond acceptors (Lipinski definition) is 3. The maximum absolute atomic E-state index is 12.3. The zero-order valence-electron chi connectivity index (χ0n) is 19.1. The lowest BCUT2D eigenvalue weighted by Gasteiger charge is -2.32. The summed E-state index contributed by atoms with van der Waals surface area (Å²) in [5, 5.41) is 0. The van der Waals surface area contributed by atoms with Gasteiger partial charge < -0.3 is 4.74 Å². The summed E-state index contributed by atoms with van der Waals surface area (Å²) in [5.74, 6) is 0.513. The summed E-state index contributed by atoms with van der Waals surface area (Å²) < 4.78 is 5.81. The highest BCUT2D eigenvalue weighted by molar-refractivity contribution is 5.75. The van der Waals surface area contributed by atoms with Crippen molar-refractivity contribution in [3.05, 3.63) is 65.2 Å². The topological polar surface area (TPSA) is 29.5 Å². The van der Waals surface area contributed by atoms with Gasteiger partial charge in [0, 0.05) is 23.6 Å². The van der Waals surface area contributed by atoms with Crippen molar-refractivity contribution < 1.29 is 9.53 Å². The summed E-state index contributed by atoms with van der Waals surface area (Å²) in [6, 6.07) is 17.7. The van der Waals surface area contributed by atoms with Crippen molar-refractivity contribution in [2.45, 2.75) is 72.9 Å². The largest absolute Gasteiger partial charge is 0.426 e. The molecule has 2 rings (SSSR count). The molecule has 158 valence electrons. The molecule has 0 N–H and O–H groups in total. The van der Waals surface area contributed by atoms with Gasteiger partial charge >= 0.3 is 5.97 Å². The van der Waals surface area contributed by atoms with Crippen molar-refractivity contribution in [2.75, 3.05) is 6.54 Å². The van der Waals surface area contributed by atoms with Crippen molar-refractivity contribution in [2.24, 2.45) is 5.92 Å². The van der Waals surface area contributed by atoms with Crippen molar-refractivity contribution >= 4 is 5.97 Å². The molecule has 0 unspecified atom stereocenters. The van der Waals surface area contributed by atoms with Crippen LogP contribution < -0.4 is 4.74 Å². The summed E-state index contributed by atoms with van der Waals surface area (Å²) in [6.45, 7) is 15.8. The van der Waals surface area contributed by atoms with Crippen molar-refractivity contribution in [3.63, 3.8) is 0 Å². The Morgan fingerprint density at radius 1 is 0.931 bits per heavy atom. The first kappa shape index (κ1) is 23.2. The Morgan fingerprint density at radius 3 is 2.10 bits per heavy atom. The molecule has 2 aromatic carbocycles. The average Bonchev–Trinajstić information content (AvgIpc) is 2.66. The van der Waals surface area contributed by atoms with Gasteiger partial charge in [-0.1, -0.05) is 61.9 Å². The van der Waals surface area contributed by atoms with Crippen LogP contribution in [0.5, 0.6) is 5.75 Å². The second-order valence-corrected chi connectivity index (χ2v) is 8.79. The molecule has 3 nitrogen and oxygen atoms in total. The van der Waals surface area contributed by atoms with E-state index in [-0.39, 0.29) is 17.8 Å². The highest BCUT2D eigenvalue weighted by atomic mass is 16.5. The minimum absolute atomic E-state index is 0.156. The molecule has 3 heteroatoms. The van der Waals surface area contributed by atoms with Crippen LogP contribution in [0.15, 0.2) is 48.5 Å². The molecule has 0 spiro atoms. The van der Waals surface area contributed by atoms with Crippen LogP contribution in [0.1, 0.15) is 70.6 Å². The molecular weight excluding hydrogens is 358 g/mol. The summed E-state index contributed by atoms with van der Waals surface area (Å²) >= 11 is 0. The second-order valence-electron chi connectivity index (χ2n) is 8.79. The number of rotatable bonds is 9.